The monoisotopic (exact) mass is 662 g/mol. The molecule has 1 saturated heterocycles. The standard InChI is InChI=1S/C33H32ClFN6O4S/c1-20-10-11-23-24(12-13-27(35)29(23)41-46(42,43)19-21-6-3-9-26(34)31(21)44-2)30(20)45-32-25(8-5-16-37-32)28-14-17-38-33(40-28)39-22-7-4-15-36-18-22/h3,5-6,8-14,16-17,22,36,41H,4,7,15,18-19H2,1-2H3,(H,38,39,40)/t22-/m0/s1. The third-order valence-electron chi connectivity index (χ3n) is 7.68. The highest BCUT2D eigenvalue weighted by molar-refractivity contribution is 7.92. The Labute approximate surface area is 271 Å². The number of anilines is 2. The van der Waals surface area contributed by atoms with Crippen LogP contribution in [0.2, 0.25) is 5.02 Å². The van der Waals surface area contributed by atoms with E-state index in [2.05, 4.69) is 25.3 Å². The van der Waals surface area contributed by atoms with E-state index in [0.717, 1.165) is 31.5 Å². The minimum absolute atomic E-state index is 0.201. The molecule has 238 valence electrons. The number of aromatic nitrogens is 3. The topological polar surface area (TPSA) is 127 Å². The van der Waals surface area contributed by atoms with Crippen LogP contribution in [0.25, 0.3) is 22.0 Å². The van der Waals surface area contributed by atoms with Gasteiger partial charge in [-0.15, -0.1) is 0 Å². The number of sulfonamides is 1. The molecule has 0 radical (unpaired) electrons. The second kappa shape index (κ2) is 13.5. The quantitative estimate of drug-likeness (QED) is 0.150. The van der Waals surface area contributed by atoms with Gasteiger partial charge >= 0.3 is 0 Å². The highest BCUT2D eigenvalue weighted by Crippen LogP contribution is 2.40. The molecule has 10 nitrogen and oxygen atoms in total. The minimum atomic E-state index is -4.10. The summed E-state index contributed by atoms with van der Waals surface area (Å²) in [6.07, 6.45) is 5.39. The molecule has 3 N–H and O–H groups in total. The molecule has 46 heavy (non-hydrogen) atoms. The average molecular weight is 663 g/mol. The molecule has 6 rings (SSSR count). The van der Waals surface area contributed by atoms with E-state index in [0.29, 0.717) is 39.3 Å². The number of nitrogens with zero attached hydrogens (tertiary/aromatic N) is 3. The van der Waals surface area contributed by atoms with Crippen molar-refractivity contribution < 1.29 is 22.3 Å². The number of fused-ring (bicyclic) bond motifs is 1. The van der Waals surface area contributed by atoms with E-state index in [1.807, 2.05) is 13.0 Å². The molecule has 0 spiro atoms. The number of nitrogens with one attached hydrogen (secondary N) is 3. The molecule has 0 bridgehead atoms. The van der Waals surface area contributed by atoms with Gasteiger partial charge in [0.2, 0.25) is 21.9 Å². The second-order valence-corrected chi connectivity index (χ2v) is 13.1. The van der Waals surface area contributed by atoms with E-state index in [9.17, 15) is 8.42 Å². The zero-order valence-corrected chi connectivity index (χ0v) is 26.8. The predicted octanol–water partition coefficient (Wildman–Crippen LogP) is 6.70. The Balaban J connectivity index is 1.33. The number of ether oxygens (including phenoxy) is 2. The van der Waals surface area contributed by atoms with E-state index in [-0.39, 0.29) is 28.4 Å². The summed E-state index contributed by atoms with van der Waals surface area (Å²) < 4.78 is 56.1. The molecule has 1 aliphatic heterocycles. The Morgan fingerprint density at radius 3 is 2.67 bits per heavy atom. The molecule has 5 aromatic rings. The van der Waals surface area contributed by atoms with Gasteiger partial charge in [-0.2, -0.15) is 0 Å². The molecule has 3 heterocycles. The lowest BCUT2D eigenvalue weighted by Gasteiger charge is -2.23. The smallest absolute Gasteiger partial charge is 0.237 e. The maximum atomic E-state index is 15.3. The third kappa shape index (κ3) is 6.84. The first kappa shape index (κ1) is 31.5. The van der Waals surface area contributed by atoms with Crippen LogP contribution in [0, 0.1) is 12.7 Å². The van der Waals surface area contributed by atoms with E-state index in [1.165, 1.54) is 13.2 Å². The lowest BCUT2D eigenvalue weighted by molar-refractivity contribution is 0.411. The summed E-state index contributed by atoms with van der Waals surface area (Å²) in [5, 5.41) is 7.85. The van der Waals surface area contributed by atoms with Crippen LogP contribution in [-0.2, 0) is 15.8 Å². The fourth-order valence-electron chi connectivity index (χ4n) is 5.49. The van der Waals surface area contributed by atoms with Gasteiger partial charge in [-0.3, -0.25) is 4.72 Å². The largest absolute Gasteiger partial charge is 0.495 e. The van der Waals surface area contributed by atoms with Gasteiger partial charge in [0.1, 0.15) is 17.3 Å². The first-order valence-electron chi connectivity index (χ1n) is 14.7. The Kier molecular flexibility index (Phi) is 9.20. The highest BCUT2D eigenvalue weighted by atomic mass is 35.5. The van der Waals surface area contributed by atoms with Crippen LogP contribution in [-0.4, -0.2) is 49.6 Å². The lowest BCUT2D eigenvalue weighted by Crippen LogP contribution is -2.38. The van der Waals surface area contributed by atoms with E-state index < -0.39 is 21.6 Å². The number of pyridine rings is 1. The SMILES string of the molecule is COc1c(Cl)cccc1CS(=O)(=O)Nc1c(F)ccc2c(Oc3ncccc3-c3ccnc(N[C@H]4CCCNC4)n3)c(C)ccc12. The van der Waals surface area contributed by atoms with E-state index in [1.54, 1.807) is 60.9 Å². The van der Waals surface area contributed by atoms with Crippen LogP contribution in [0.4, 0.5) is 16.0 Å². The molecule has 1 fully saturated rings. The molecule has 3 aromatic carbocycles. The van der Waals surface area contributed by atoms with Gasteiger partial charge in [0.25, 0.3) is 0 Å². The van der Waals surface area contributed by atoms with Crippen molar-refractivity contribution in [3.63, 3.8) is 0 Å². The number of hydrogen-bond acceptors (Lipinski definition) is 9. The molecule has 2 aromatic heterocycles. The summed E-state index contributed by atoms with van der Waals surface area (Å²) in [5.41, 5.74) is 2.11. The van der Waals surface area contributed by atoms with Gasteiger partial charge < -0.3 is 20.1 Å². The summed E-state index contributed by atoms with van der Waals surface area (Å²) in [5.74, 6) is 0.202. The number of hydrogen-bond donors (Lipinski definition) is 3. The van der Waals surface area contributed by atoms with Crippen LogP contribution < -0.4 is 24.8 Å². The highest BCUT2D eigenvalue weighted by Gasteiger charge is 2.22. The van der Waals surface area contributed by atoms with Crippen LogP contribution in [0.1, 0.15) is 24.0 Å². The Bertz CT molecular complexity index is 2010. The van der Waals surface area contributed by atoms with Gasteiger partial charge in [0.15, 0.2) is 0 Å². The number of rotatable bonds is 10. The van der Waals surface area contributed by atoms with Gasteiger partial charge in [-0.1, -0.05) is 35.9 Å². The molecule has 13 heteroatoms. The Hall–Kier alpha value is -4.52. The fraction of sp³-hybridized carbons (Fsp3) is 0.242. The number of para-hydroxylation sites is 1. The van der Waals surface area contributed by atoms with Crippen LogP contribution in [0.5, 0.6) is 17.4 Å². The van der Waals surface area contributed by atoms with Crippen LogP contribution in [0.15, 0.2) is 73.1 Å². The van der Waals surface area contributed by atoms with Crippen molar-refractivity contribution in [2.45, 2.75) is 31.6 Å². The van der Waals surface area contributed by atoms with Gasteiger partial charge in [0, 0.05) is 41.3 Å². The van der Waals surface area contributed by atoms with Crippen molar-refractivity contribution in [3.05, 3.63) is 95.0 Å². The molecular weight excluding hydrogens is 631 g/mol. The van der Waals surface area contributed by atoms with Crippen molar-refractivity contribution >= 4 is 44.0 Å². The average Bonchev–Trinajstić information content (AvgIpc) is 3.04. The van der Waals surface area contributed by atoms with Crippen molar-refractivity contribution in [3.8, 4) is 28.6 Å². The van der Waals surface area contributed by atoms with Crippen molar-refractivity contribution in [1.29, 1.82) is 0 Å². The normalized spacial score (nSPS) is 15.0. The molecule has 1 aliphatic rings. The first-order chi connectivity index (χ1) is 22.2. The molecule has 0 saturated carbocycles. The van der Waals surface area contributed by atoms with Gasteiger partial charge in [-0.05, 0) is 68.3 Å². The molecular formula is C33H32ClFN6O4S. The summed E-state index contributed by atoms with van der Waals surface area (Å²) in [6.45, 7) is 3.69. The second-order valence-electron chi connectivity index (χ2n) is 10.9. The molecule has 1 atom stereocenters. The number of aryl methyl sites for hydroxylation is 1. The van der Waals surface area contributed by atoms with Crippen molar-refractivity contribution in [2.24, 2.45) is 0 Å². The summed E-state index contributed by atoms with van der Waals surface area (Å²) in [6, 6.07) is 16.6. The van der Waals surface area contributed by atoms with Crippen LogP contribution in [0.3, 0.4) is 0 Å². The van der Waals surface area contributed by atoms with E-state index in [4.69, 9.17) is 26.1 Å². The summed E-state index contributed by atoms with van der Waals surface area (Å²) in [7, 11) is -2.69. The predicted molar refractivity (Wildman–Crippen MR) is 178 cm³/mol. The summed E-state index contributed by atoms with van der Waals surface area (Å²) in [4.78, 5) is 13.6. The lowest BCUT2D eigenvalue weighted by atomic mass is 10.0. The Morgan fingerprint density at radius 2 is 1.87 bits per heavy atom. The Morgan fingerprint density at radius 1 is 1.02 bits per heavy atom. The van der Waals surface area contributed by atoms with E-state index >= 15 is 4.39 Å². The molecule has 0 unspecified atom stereocenters. The zero-order valence-electron chi connectivity index (χ0n) is 25.2. The van der Waals surface area contributed by atoms with Crippen LogP contribution >= 0.6 is 11.6 Å². The fourth-order valence-corrected chi connectivity index (χ4v) is 6.99. The summed E-state index contributed by atoms with van der Waals surface area (Å²) >= 11 is 6.19. The van der Waals surface area contributed by atoms with Crippen molar-refractivity contribution in [2.75, 3.05) is 30.2 Å². The first-order valence-corrected chi connectivity index (χ1v) is 16.7. The molecule has 0 amide bonds. The van der Waals surface area contributed by atoms with Crippen molar-refractivity contribution in [1.82, 2.24) is 20.3 Å². The van der Waals surface area contributed by atoms with Gasteiger partial charge in [0.05, 0.1) is 34.8 Å². The van der Waals surface area contributed by atoms with Gasteiger partial charge in [-0.25, -0.2) is 27.8 Å². The number of methoxy groups -OCH3 is 1. The minimum Gasteiger partial charge on any atom is -0.495 e. The number of halogens is 2. The number of piperidine rings is 1. The maximum absolute atomic E-state index is 15.3. The maximum Gasteiger partial charge on any atom is 0.237 e. The zero-order chi connectivity index (χ0) is 32.3. The third-order valence-corrected chi connectivity index (χ3v) is 9.19. The molecule has 0 aliphatic carbocycles. The number of benzene rings is 3.